The molecule has 1 aromatic heterocycles. The highest BCUT2D eigenvalue weighted by atomic mass is 79.9. The Bertz CT molecular complexity index is 368. The summed E-state index contributed by atoms with van der Waals surface area (Å²) in [5.74, 6) is 0.643. The number of rotatable bonds is 4. The normalized spacial score (nSPS) is 17.5. The Hall–Kier alpha value is -0.770. The van der Waals surface area contributed by atoms with E-state index in [1.54, 1.807) is 19.3 Å². The molecule has 1 fully saturated rings. The van der Waals surface area contributed by atoms with Gasteiger partial charge in [0.2, 0.25) is 0 Å². The predicted molar refractivity (Wildman–Crippen MR) is 61.2 cm³/mol. The number of alkyl halides is 1. The van der Waals surface area contributed by atoms with Gasteiger partial charge in [0.25, 0.3) is 5.91 Å². The van der Waals surface area contributed by atoms with Crippen LogP contribution in [0.25, 0.3) is 0 Å². The summed E-state index contributed by atoms with van der Waals surface area (Å²) in [5, 5.41) is 3.91. The molecule has 1 saturated carbocycles. The van der Waals surface area contributed by atoms with Crippen LogP contribution in [0.1, 0.15) is 29.0 Å². The van der Waals surface area contributed by atoms with Gasteiger partial charge < -0.3 is 9.73 Å². The van der Waals surface area contributed by atoms with Crippen LogP contribution < -0.4 is 5.32 Å². The Balaban J connectivity index is 1.91. The molecular weight excluding hydrogens is 258 g/mol. The third kappa shape index (κ3) is 2.25. The Morgan fingerprint density at radius 3 is 2.87 bits per heavy atom. The highest BCUT2D eigenvalue weighted by Crippen LogP contribution is 2.46. The molecule has 1 amide bonds. The Kier molecular flexibility index (Phi) is 2.87. The van der Waals surface area contributed by atoms with Gasteiger partial charge in [-0.2, -0.15) is 0 Å². The lowest BCUT2D eigenvalue weighted by atomic mass is 10.1. The summed E-state index contributed by atoms with van der Waals surface area (Å²) < 4.78 is 5.09. The van der Waals surface area contributed by atoms with Gasteiger partial charge in [-0.25, -0.2) is 0 Å². The van der Waals surface area contributed by atoms with Gasteiger partial charge in [0.15, 0.2) is 0 Å². The first-order chi connectivity index (χ1) is 7.17. The fourth-order valence-electron chi connectivity index (χ4n) is 1.52. The van der Waals surface area contributed by atoms with Crippen molar-refractivity contribution in [2.45, 2.75) is 19.8 Å². The van der Waals surface area contributed by atoms with Gasteiger partial charge in [-0.15, -0.1) is 0 Å². The lowest BCUT2D eigenvalue weighted by Gasteiger charge is -2.11. The minimum absolute atomic E-state index is 0.0338. The lowest BCUT2D eigenvalue weighted by molar-refractivity contribution is 0.0945. The minimum atomic E-state index is -0.0338. The fourth-order valence-corrected chi connectivity index (χ4v) is 2.28. The predicted octanol–water partition coefficient (Wildman–Crippen LogP) is 2.49. The Morgan fingerprint density at radius 2 is 2.40 bits per heavy atom. The molecule has 0 bridgehead atoms. The average molecular weight is 272 g/mol. The van der Waals surface area contributed by atoms with Gasteiger partial charge >= 0.3 is 0 Å². The van der Waals surface area contributed by atoms with Crippen molar-refractivity contribution < 1.29 is 9.21 Å². The molecule has 3 nitrogen and oxygen atoms in total. The highest BCUT2D eigenvalue weighted by Gasteiger charge is 2.41. The van der Waals surface area contributed by atoms with Crippen LogP contribution in [0.15, 0.2) is 16.7 Å². The molecule has 0 unspecified atom stereocenters. The highest BCUT2D eigenvalue weighted by molar-refractivity contribution is 9.09. The van der Waals surface area contributed by atoms with Crippen LogP contribution in [0.5, 0.6) is 0 Å². The van der Waals surface area contributed by atoms with E-state index in [9.17, 15) is 4.79 Å². The molecule has 1 heterocycles. The number of hydrogen-bond acceptors (Lipinski definition) is 2. The van der Waals surface area contributed by atoms with E-state index in [-0.39, 0.29) is 5.91 Å². The third-order valence-electron chi connectivity index (χ3n) is 2.97. The first-order valence-corrected chi connectivity index (χ1v) is 6.17. The van der Waals surface area contributed by atoms with Crippen LogP contribution in [0.2, 0.25) is 0 Å². The largest absolute Gasteiger partial charge is 0.469 e. The van der Waals surface area contributed by atoms with Gasteiger partial charge in [-0.1, -0.05) is 15.9 Å². The molecule has 0 aromatic carbocycles. The van der Waals surface area contributed by atoms with E-state index in [1.165, 1.54) is 12.8 Å². The van der Waals surface area contributed by atoms with E-state index in [4.69, 9.17) is 4.42 Å². The van der Waals surface area contributed by atoms with Crippen molar-refractivity contribution in [2.75, 3.05) is 11.9 Å². The molecule has 1 aliphatic carbocycles. The number of carbonyl (C=O) groups is 1. The van der Waals surface area contributed by atoms with Crippen molar-refractivity contribution in [3.63, 3.8) is 0 Å². The monoisotopic (exact) mass is 271 g/mol. The molecule has 0 spiro atoms. The second kappa shape index (κ2) is 4.00. The van der Waals surface area contributed by atoms with E-state index in [1.807, 2.05) is 0 Å². The first-order valence-electron chi connectivity index (χ1n) is 5.05. The van der Waals surface area contributed by atoms with Crippen molar-refractivity contribution in [1.82, 2.24) is 5.32 Å². The molecule has 82 valence electrons. The number of halogens is 1. The van der Waals surface area contributed by atoms with Crippen molar-refractivity contribution in [3.8, 4) is 0 Å². The van der Waals surface area contributed by atoms with Crippen molar-refractivity contribution in [1.29, 1.82) is 0 Å². The number of nitrogens with one attached hydrogen (secondary N) is 1. The zero-order chi connectivity index (χ0) is 10.9. The fraction of sp³-hybridized carbons (Fsp3) is 0.545. The van der Waals surface area contributed by atoms with Gasteiger partial charge in [0.05, 0.1) is 11.8 Å². The van der Waals surface area contributed by atoms with E-state index < -0.39 is 0 Å². The molecule has 0 aliphatic heterocycles. The standard InChI is InChI=1S/C11H14BrNO2/c1-8-9(2-5-15-8)10(14)13-7-11(6-12)3-4-11/h2,5H,3-4,6-7H2,1H3,(H,13,14). The van der Waals surface area contributed by atoms with Crippen LogP contribution in [0, 0.1) is 12.3 Å². The van der Waals surface area contributed by atoms with E-state index in [0.29, 0.717) is 16.7 Å². The van der Waals surface area contributed by atoms with Gasteiger partial charge in [-0.3, -0.25) is 4.79 Å². The zero-order valence-corrected chi connectivity index (χ0v) is 10.3. The molecule has 1 N–H and O–H groups in total. The molecule has 1 aliphatic rings. The molecule has 0 saturated heterocycles. The Labute approximate surface area is 97.4 Å². The zero-order valence-electron chi connectivity index (χ0n) is 8.68. The van der Waals surface area contributed by atoms with E-state index in [2.05, 4.69) is 21.2 Å². The second-order valence-corrected chi connectivity index (χ2v) is 4.77. The summed E-state index contributed by atoms with van der Waals surface area (Å²) in [5.41, 5.74) is 0.952. The quantitative estimate of drug-likeness (QED) is 0.856. The van der Waals surface area contributed by atoms with Crippen molar-refractivity contribution in [3.05, 3.63) is 23.7 Å². The van der Waals surface area contributed by atoms with Gasteiger partial charge in [0.1, 0.15) is 5.76 Å². The molecule has 0 atom stereocenters. The van der Waals surface area contributed by atoms with Crippen molar-refractivity contribution >= 4 is 21.8 Å². The van der Waals surface area contributed by atoms with Crippen LogP contribution in [-0.2, 0) is 0 Å². The SMILES string of the molecule is Cc1occc1C(=O)NCC1(CBr)CC1. The van der Waals surface area contributed by atoms with Gasteiger partial charge in [0, 0.05) is 11.9 Å². The summed E-state index contributed by atoms with van der Waals surface area (Å²) in [4.78, 5) is 11.7. The number of amides is 1. The Morgan fingerprint density at radius 1 is 1.67 bits per heavy atom. The molecule has 4 heteroatoms. The lowest BCUT2D eigenvalue weighted by Crippen LogP contribution is -2.31. The third-order valence-corrected chi connectivity index (χ3v) is 4.16. The molecular formula is C11H14BrNO2. The maximum atomic E-state index is 11.7. The van der Waals surface area contributed by atoms with Crippen molar-refractivity contribution in [2.24, 2.45) is 5.41 Å². The average Bonchev–Trinajstić information content (AvgIpc) is 2.91. The van der Waals surface area contributed by atoms with Crippen LogP contribution in [-0.4, -0.2) is 17.8 Å². The smallest absolute Gasteiger partial charge is 0.254 e. The minimum Gasteiger partial charge on any atom is -0.469 e. The topological polar surface area (TPSA) is 42.2 Å². The summed E-state index contributed by atoms with van der Waals surface area (Å²) in [6.45, 7) is 2.55. The molecule has 0 radical (unpaired) electrons. The van der Waals surface area contributed by atoms with Crippen LogP contribution in [0.3, 0.4) is 0 Å². The summed E-state index contributed by atoms with van der Waals surface area (Å²) in [6, 6.07) is 1.71. The summed E-state index contributed by atoms with van der Waals surface area (Å²) in [7, 11) is 0. The van der Waals surface area contributed by atoms with E-state index >= 15 is 0 Å². The molecule has 15 heavy (non-hydrogen) atoms. The summed E-state index contributed by atoms with van der Waals surface area (Å²) >= 11 is 3.48. The van der Waals surface area contributed by atoms with Gasteiger partial charge in [-0.05, 0) is 31.2 Å². The first kappa shape index (κ1) is 10.7. The number of aryl methyl sites for hydroxylation is 1. The van der Waals surface area contributed by atoms with Crippen LogP contribution >= 0.6 is 15.9 Å². The summed E-state index contributed by atoms with van der Waals surface area (Å²) in [6.07, 6.45) is 3.94. The number of furan rings is 1. The van der Waals surface area contributed by atoms with Crippen LogP contribution in [0.4, 0.5) is 0 Å². The number of hydrogen-bond donors (Lipinski definition) is 1. The number of carbonyl (C=O) groups excluding carboxylic acids is 1. The van der Waals surface area contributed by atoms with E-state index in [0.717, 1.165) is 11.9 Å². The second-order valence-electron chi connectivity index (χ2n) is 4.21. The maximum Gasteiger partial charge on any atom is 0.254 e. The maximum absolute atomic E-state index is 11.7. The molecule has 2 rings (SSSR count). The molecule has 1 aromatic rings.